The Balaban J connectivity index is 1.22. The van der Waals surface area contributed by atoms with Crippen LogP contribution in [0.5, 0.6) is 0 Å². The Kier molecular flexibility index (Phi) is 6.43. The van der Waals surface area contributed by atoms with Gasteiger partial charge in [0.1, 0.15) is 6.07 Å². The number of halogens is 1. The lowest BCUT2D eigenvalue weighted by molar-refractivity contribution is -0.0197. The Hall–Kier alpha value is -4.18. The van der Waals surface area contributed by atoms with Crippen LogP contribution in [0.15, 0.2) is 29.8 Å². The van der Waals surface area contributed by atoms with Crippen molar-refractivity contribution >= 4 is 24.1 Å². The Morgan fingerprint density at radius 1 is 1.14 bits per heavy atom. The van der Waals surface area contributed by atoms with Crippen LogP contribution in [-0.2, 0) is 4.74 Å². The molecule has 5 heterocycles. The molecule has 0 aromatic carbocycles. The molecule has 0 spiro atoms. The van der Waals surface area contributed by atoms with Gasteiger partial charge in [-0.3, -0.25) is 9.78 Å². The van der Waals surface area contributed by atoms with E-state index >= 15 is 0 Å². The molecule has 186 valence electrons. The summed E-state index contributed by atoms with van der Waals surface area (Å²) >= 11 is 0. The van der Waals surface area contributed by atoms with Crippen molar-refractivity contribution in [1.29, 1.82) is 5.26 Å². The maximum Gasteiger partial charge on any atom is 0.341 e. The fraction of sp³-hybridized carbons (Fsp3) is 0.435. The average Bonchev–Trinajstić information content (AvgIpc) is 3.38. The summed E-state index contributed by atoms with van der Waals surface area (Å²) in [6.45, 7) is 2.36. The van der Waals surface area contributed by atoms with Crippen LogP contribution in [0, 0.1) is 17.1 Å². The SMILES string of the molecule is COC1CN(C(=O)c2nc(N3CCN(C(=O)N4N=CC[C@H]4c4cncc(C#N)c4)CC3)ncc2F)C1. The number of methoxy groups -OCH3 is 1. The number of nitriles is 1. The van der Waals surface area contributed by atoms with Gasteiger partial charge in [-0.05, 0) is 11.6 Å². The number of carbonyl (C=O) groups excluding carboxylic acids is 2. The second-order valence-electron chi connectivity index (χ2n) is 8.70. The highest BCUT2D eigenvalue weighted by Crippen LogP contribution is 2.29. The van der Waals surface area contributed by atoms with E-state index in [1.807, 2.05) is 4.90 Å². The van der Waals surface area contributed by atoms with Crippen LogP contribution in [0.3, 0.4) is 0 Å². The number of aromatic nitrogens is 3. The van der Waals surface area contributed by atoms with Crippen LogP contribution >= 0.6 is 0 Å². The van der Waals surface area contributed by atoms with E-state index in [2.05, 4.69) is 26.1 Å². The predicted octanol–water partition coefficient (Wildman–Crippen LogP) is 1.03. The molecule has 1 atom stereocenters. The zero-order valence-corrected chi connectivity index (χ0v) is 19.6. The number of hydrogen-bond acceptors (Lipinski definition) is 9. The molecule has 0 radical (unpaired) electrons. The molecule has 0 unspecified atom stereocenters. The fourth-order valence-electron chi connectivity index (χ4n) is 4.38. The summed E-state index contributed by atoms with van der Waals surface area (Å²) in [7, 11) is 1.57. The molecule has 0 N–H and O–H groups in total. The molecule has 0 aliphatic carbocycles. The van der Waals surface area contributed by atoms with Crippen LogP contribution in [0.1, 0.15) is 34.1 Å². The Bertz CT molecular complexity index is 1240. The highest BCUT2D eigenvalue weighted by Gasteiger charge is 2.35. The van der Waals surface area contributed by atoms with Crippen molar-refractivity contribution < 1.29 is 18.7 Å². The number of pyridine rings is 1. The number of anilines is 1. The summed E-state index contributed by atoms with van der Waals surface area (Å²) in [4.78, 5) is 43.2. The summed E-state index contributed by atoms with van der Waals surface area (Å²) in [5, 5.41) is 14.8. The topological polar surface area (TPSA) is 131 Å². The van der Waals surface area contributed by atoms with Crippen molar-refractivity contribution in [2.24, 2.45) is 5.10 Å². The van der Waals surface area contributed by atoms with Gasteiger partial charge in [-0.25, -0.2) is 24.2 Å². The van der Waals surface area contributed by atoms with E-state index in [0.29, 0.717) is 51.3 Å². The minimum atomic E-state index is -0.772. The summed E-state index contributed by atoms with van der Waals surface area (Å²) < 4.78 is 19.5. The third-order valence-corrected chi connectivity index (χ3v) is 6.53. The van der Waals surface area contributed by atoms with Gasteiger partial charge in [-0.2, -0.15) is 10.4 Å². The van der Waals surface area contributed by atoms with E-state index < -0.39 is 11.7 Å². The van der Waals surface area contributed by atoms with E-state index in [4.69, 9.17) is 10.00 Å². The van der Waals surface area contributed by atoms with Gasteiger partial charge in [0, 0.05) is 71.4 Å². The van der Waals surface area contributed by atoms with Crippen molar-refractivity contribution in [2.75, 3.05) is 51.3 Å². The van der Waals surface area contributed by atoms with Crippen LogP contribution in [0.4, 0.5) is 15.1 Å². The zero-order chi connectivity index (χ0) is 25.2. The van der Waals surface area contributed by atoms with Crippen molar-refractivity contribution in [3.8, 4) is 6.07 Å². The molecule has 0 saturated carbocycles. The van der Waals surface area contributed by atoms with Crippen molar-refractivity contribution in [3.63, 3.8) is 0 Å². The lowest BCUT2D eigenvalue weighted by atomic mass is 10.1. The summed E-state index contributed by atoms with van der Waals surface area (Å²) in [6, 6.07) is 3.19. The highest BCUT2D eigenvalue weighted by molar-refractivity contribution is 5.93. The first-order valence-electron chi connectivity index (χ1n) is 11.5. The molecule has 3 aliphatic heterocycles. The van der Waals surface area contributed by atoms with Crippen LogP contribution in [-0.4, -0.2) is 100 Å². The Labute approximate surface area is 206 Å². The number of likely N-dealkylation sites (tertiary alicyclic amines) is 1. The van der Waals surface area contributed by atoms with E-state index in [9.17, 15) is 14.0 Å². The number of hydrazone groups is 1. The second-order valence-corrected chi connectivity index (χ2v) is 8.70. The maximum atomic E-state index is 14.3. The molecule has 12 nitrogen and oxygen atoms in total. The van der Waals surface area contributed by atoms with E-state index in [1.54, 1.807) is 30.5 Å². The van der Waals surface area contributed by atoms with Crippen LogP contribution in [0.2, 0.25) is 0 Å². The summed E-state index contributed by atoms with van der Waals surface area (Å²) in [5.41, 5.74) is 0.898. The van der Waals surface area contributed by atoms with Gasteiger partial charge in [-0.1, -0.05) is 0 Å². The van der Waals surface area contributed by atoms with Crippen molar-refractivity contribution in [2.45, 2.75) is 18.6 Å². The average molecular weight is 494 g/mol. The number of carbonyl (C=O) groups is 2. The van der Waals surface area contributed by atoms with Crippen LogP contribution < -0.4 is 4.90 Å². The van der Waals surface area contributed by atoms with Gasteiger partial charge in [-0.15, -0.1) is 0 Å². The van der Waals surface area contributed by atoms with Gasteiger partial charge >= 0.3 is 6.03 Å². The normalized spacial score (nSPS) is 19.9. The van der Waals surface area contributed by atoms with E-state index in [0.717, 1.165) is 11.8 Å². The minimum Gasteiger partial charge on any atom is -0.378 e. The summed E-state index contributed by atoms with van der Waals surface area (Å²) in [5.74, 6) is -1.02. The largest absolute Gasteiger partial charge is 0.378 e. The Morgan fingerprint density at radius 2 is 1.92 bits per heavy atom. The van der Waals surface area contributed by atoms with E-state index in [-0.39, 0.29) is 29.8 Å². The standard InChI is InChI=1S/C23H24FN9O3/c1-36-17-13-32(14-17)21(34)20-18(24)12-27-22(29-20)30-4-6-31(7-5-30)23(35)33-19(2-3-28-33)16-8-15(9-25)10-26-11-16/h3,8,10-12,17,19H,2,4-7,13-14H2,1H3/t19-/m0/s1. The molecule has 36 heavy (non-hydrogen) atoms. The summed E-state index contributed by atoms with van der Waals surface area (Å²) in [6.07, 6.45) is 6.28. The van der Waals surface area contributed by atoms with E-state index in [1.165, 1.54) is 16.1 Å². The first-order valence-corrected chi connectivity index (χ1v) is 11.5. The fourth-order valence-corrected chi connectivity index (χ4v) is 4.38. The quantitative estimate of drug-likeness (QED) is 0.617. The van der Waals surface area contributed by atoms with Gasteiger partial charge in [0.2, 0.25) is 5.95 Å². The molecule has 2 fully saturated rings. The number of ether oxygens (including phenoxy) is 1. The van der Waals surface area contributed by atoms with Crippen molar-refractivity contribution in [3.05, 3.63) is 47.3 Å². The van der Waals surface area contributed by atoms with Gasteiger partial charge in [0.05, 0.1) is 23.9 Å². The highest BCUT2D eigenvalue weighted by atomic mass is 19.1. The molecule has 2 aromatic rings. The third kappa shape index (κ3) is 4.42. The molecule has 5 rings (SSSR count). The molecule has 2 aromatic heterocycles. The first-order chi connectivity index (χ1) is 17.5. The van der Waals surface area contributed by atoms with Gasteiger partial charge in [0.25, 0.3) is 5.91 Å². The van der Waals surface area contributed by atoms with Crippen molar-refractivity contribution in [1.82, 2.24) is 29.8 Å². The molecule has 0 bridgehead atoms. The molecular weight excluding hydrogens is 469 g/mol. The molecule has 2 saturated heterocycles. The number of rotatable bonds is 4. The van der Waals surface area contributed by atoms with Gasteiger partial charge < -0.3 is 19.4 Å². The monoisotopic (exact) mass is 493 g/mol. The molecule has 3 aliphatic rings. The number of piperazine rings is 1. The molecular formula is C23H24FN9O3. The second kappa shape index (κ2) is 9.82. The molecule has 13 heteroatoms. The number of urea groups is 1. The zero-order valence-electron chi connectivity index (χ0n) is 19.6. The first kappa shape index (κ1) is 23.6. The lowest BCUT2D eigenvalue weighted by Crippen LogP contribution is -2.55. The molecule has 3 amide bonds. The number of hydrogen-bond donors (Lipinski definition) is 0. The Morgan fingerprint density at radius 3 is 2.64 bits per heavy atom. The number of amides is 3. The maximum absolute atomic E-state index is 14.3. The van der Waals surface area contributed by atoms with Crippen LogP contribution in [0.25, 0.3) is 0 Å². The number of nitrogens with zero attached hydrogens (tertiary/aromatic N) is 9. The third-order valence-electron chi connectivity index (χ3n) is 6.53. The minimum absolute atomic E-state index is 0.0463. The smallest absolute Gasteiger partial charge is 0.341 e. The van der Waals surface area contributed by atoms with Gasteiger partial charge in [0.15, 0.2) is 11.5 Å². The predicted molar refractivity (Wildman–Crippen MR) is 125 cm³/mol. The lowest BCUT2D eigenvalue weighted by Gasteiger charge is -2.38.